The molecule has 0 saturated carbocycles. The van der Waals surface area contributed by atoms with Crippen molar-refractivity contribution < 1.29 is 58.1 Å². The first-order chi connectivity index (χ1) is 26.1. The van der Waals surface area contributed by atoms with Gasteiger partial charge in [-0.3, -0.25) is 9.59 Å². The van der Waals surface area contributed by atoms with Crippen molar-refractivity contribution in [2.75, 3.05) is 29.5 Å². The largest absolute Gasteiger partial charge is 0.748 e. The molecule has 2 aromatic rings. The zero-order valence-corrected chi connectivity index (χ0v) is 34.6. The quantitative estimate of drug-likeness (QED) is 0.0752. The first-order valence-corrected chi connectivity index (χ1v) is 23.1. The lowest BCUT2D eigenvalue weighted by Gasteiger charge is -2.27. The number of hydrogen-bond acceptors (Lipinski definition) is 13. The zero-order valence-electron chi connectivity index (χ0n) is 31.3. The molecule has 3 aliphatic rings. The number of benzene rings is 2. The van der Waals surface area contributed by atoms with Gasteiger partial charge >= 0.3 is 0 Å². The molecule has 1 N–H and O–H groups in total. The molecule has 0 radical (unpaired) electrons. The third-order valence-electron chi connectivity index (χ3n) is 10.2. The Labute approximate surface area is 332 Å². The zero-order chi connectivity index (χ0) is 41.1. The van der Waals surface area contributed by atoms with E-state index in [1.807, 2.05) is 85.8 Å². The highest BCUT2D eigenvalue weighted by atomic mass is 32.2. The molecule has 304 valence electrons. The molecular formula is C38H44N2O12S4-2. The van der Waals surface area contributed by atoms with Gasteiger partial charge in [-0.05, 0) is 92.6 Å². The van der Waals surface area contributed by atoms with Crippen LogP contribution in [0.25, 0.3) is 0 Å². The molecule has 18 heteroatoms. The van der Waals surface area contributed by atoms with Crippen molar-refractivity contribution >= 4 is 59.5 Å². The van der Waals surface area contributed by atoms with Gasteiger partial charge in [0.25, 0.3) is 10.1 Å². The van der Waals surface area contributed by atoms with Gasteiger partial charge in [0.15, 0.2) is 5.71 Å². The van der Waals surface area contributed by atoms with Crippen molar-refractivity contribution in [2.24, 2.45) is 0 Å². The van der Waals surface area contributed by atoms with E-state index in [1.54, 1.807) is 12.1 Å². The topological polar surface area (TPSA) is 217 Å². The molecule has 0 atom stereocenters. The molecule has 0 aromatic heterocycles. The van der Waals surface area contributed by atoms with Gasteiger partial charge in [0.05, 0.1) is 38.2 Å². The van der Waals surface area contributed by atoms with Crippen LogP contribution in [-0.2, 0) is 50.6 Å². The van der Waals surface area contributed by atoms with E-state index in [9.17, 15) is 44.2 Å². The Balaban J connectivity index is 1.41. The Morgan fingerprint density at radius 2 is 1.62 bits per heavy atom. The van der Waals surface area contributed by atoms with Crippen LogP contribution in [0.5, 0.6) is 0 Å². The lowest BCUT2D eigenvalue weighted by atomic mass is 9.81. The van der Waals surface area contributed by atoms with Crippen LogP contribution < -0.4 is 10.2 Å². The van der Waals surface area contributed by atoms with Crippen LogP contribution in [0.2, 0.25) is 0 Å². The monoisotopic (exact) mass is 848 g/mol. The Morgan fingerprint density at radius 1 is 0.893 bits per heavy atom. The molecule has 0 fully saturated rings. The molecule has 2 heterocycles. The van der Waals surface area contributed by atoms with Crippen molar-refractivity contribution in [3.8, 4) is 0 Å². The van der Waals surface area contributed by atoms with E-state index in [0.717, 1.165) is 65.1 Å². The second kappa shape index (κ2) is 17.2. The predicted molar refractivity (Wildman–Crippen MR) is 209 cm³/mol. The van der Waals surface area contributed by atoms with Gasteiger partial charge in [-0.25, -0.2) is 16.8 Å². The van der Waals surface area contributed by atoms with Gasteiger partial charge in [0, 0.05) is 58.1 Å². The van der Waals surface area contributed by atoms with E-state index >= 15 is 0 Å². The average Bonchev–Trinajstić information content (AvgIpc) is 3.44. The van der Waals surface area contributed by atoms with Gasteiger partial charge < -0.3 is 19.3 Å². The molecule has 0 saturated heterocycles. The summed E-state index contributed by atoms with van der Waals surface area (Å²) in [5.41, 5.74) is 5.56. The lowest BCUT2D eigenvalue weighted by Crippen LogP contribution is -2.28. The second-order valence-electron chi connectivity index (χ2n) is 14.8. The van der Waals surface area contributed by atoms with Crippen LogP contribution in [0.4, 0.5) is 11.4 Å². The number of fused-ring (bicyclic) bond motifs is 2. The highest BCUT2D eigenvalue weighted by Crippen LogP contribution is 2.48. The number of anilines is 1. The summed E-state index contributed by atoms with van der Waals surface area (Å²) in [6, 6.07) is 9.65. The van der Waals surface area contributed by atoms with Crippen LogP contribution in [0.15, 0.2) is 106 Å². The molecule has 0 bridgehead atoms. The smallest absolute Gasteiger partial charge is 0.264 e. The van der Waals surface area contributed by atoms with Crippen molar-refractivity contribution in [3.05, 3.63) is 107 Å². The maximum absolute atomic E-state index is 11.8. The number of nitrogens with zero attached hydrogens (tertiary/aromatic N) is 2. The van der Waals surface area contributed by atoms with E-state index in [1.165, 1.54) is 12.1 Å². The molecule has 56 heavy (non-hydrogen) atoms. The van der Waals surface area contributed by atoms with Gasteiger partial charge in [-0.2, -0.15) is 17.3 Å². The summed E-state index contributed by atoms with van der Waals surface area (Å²) in [6.45, 7) is 8.38. The van der Waals surface area contributed by atoms with Gasteiger partial charge in [-0.1, -0.05) is 44.2 Å². The van der Waals surface area contributed by atoms with Crippen molar-refractivity contribution in [1.82, 2.24) is 0 Å². The molecule has 1 aliphatic carbocycles. The summed E-state index contributed by atoms with van der Waals surface area (Å²) < 4.78 is 108. The molecule has 0 amide bonds. The van der Waals surface area contributed by atoms with Gasteiger partial charge in [0.1, 0.15) is 16.7 Å². The minimum atomic E-state index is -4.71. The first-order valence-electron chi connectivity index (χ1n) is 17.8. The van der Waals surface area contributed by atoms with E-state index in [-0.39, 0.29) is 24.3 Å². The lowest BCUT2D eigenvalue weighted by molar-refractivity contribution is -0.777. The Morgan fingerprint density at radius 3 is 2.30 bits per heavy atom. The van der Waals surface area contributed by atoms with Crippen molar-refractivity contribution in [2.45, 2.75) is 80.4 Å². The highest BCUT2D eigenvalue weighted by Gasteiger charge is 2.44. The minimum absolute atomic E-state index is 0.110. The molecule has 14 nitrogen and oxygen atoms in total. The fourth-order valence-electron chi connectivity index (χ4n) is 7.52. The highest BCUT2D eigenvalue weighted by molar-refractivity contribution is 7.94. The summed E-state index contributed by atoms with van der Waals surface area (Å²) in [4.78, 5) is 2.17. The van der Waals surface area contributed by atoms with Crippen LogP contribution >= 0.6 is 12.0 Å². The molecule has 0 spiro atoms. The molecule has 2 aromatic carbocycles. The third-order valence-corrected chi connectivity index (χ3v) is 13.2. The normalized spacial score (nSPS) is 19.8. The average molecular weight is 849 g/mol. The number of rotatable bonds is 16. The predicted octanol–water partition coefficient (Wildman–Crippen LogP) is 5.24. The van der Waals surface area contributed by atoms with Crippen LogP contribution in [0.3, 0.4) is 0 Å². The van der Waals surface area contributed by atoms with Crippen LogP contribution in [-0.4, -0.2) is 73.8 Å². The standard InChI is InChI=1S/C38H46N2O12S4/c1-37(2)31-25-29(53-52-51-41)16-18-33(31)39(20-8-22-54(42,43)44)35(37)14-6-12-27-10-5-11-28(24-27)13-7-15-36-38(3,4)32-26-30(56(48,49)50)17-19-34(32)40(36)21-9-23-55(45,46)47/h6-7,12-19,24-26H,5,8-11,20-23H2,1-4H3,(H3-,41,42,43,44,45,46,47,48,49,50)/p-2. The van der Waals surface area contributed by atoms with Crippen LogP contribution in [0.1, 0.15) is 70.9 Å². The van der Waals surface area contributed by atoms with Crippen molar-refractivity contribution in [3.63, 3.8) is 0 Å². The second-order valence-corrected chi connectivity index (χ2v) is 20.1. The van der Waals surface area contributed by atoms with E-state index in [0.29, 0.717) is 22.7 Å². The van der Waals surface area contributed by atoms with E-state index < -0.39 is 52.7 Å². The van der Waals surface area contributed by atoms with Crippen LogP contribution in [0, 0.1) is 0 Å². The van der Waals surface area contributed by atoms with Gasteiger partial charge in [-0.15, -0.1) is 0 Å². The minimum Gasteiger partial charge on any atom is -0.748 e. The number of allylic oxidation sites excluding steroid dienone is 10. The molecule has 2 aliphatic heterocycles. The molecule has 5 rings (SSSR count). The fraction of sp³-hybridized carbons (Fsp3) is 0.395. The summed E-state index contributed by atoms with van der Waals surface area (Å²) in [5, 5.41) is 13.9. The number of hydrogen-bond donors (Lipinski definition) is 1. The molecule has 0 unspecified atom stereocenters. The Hall–Kier alpha value is -3.43. The SMILES string of the molecule is CC1(C)C(/C=C/C=C2C=C(/C=C/C=C3/N(CCCS(=O)(=O)O)c4ccc(S(=O)(=O)[O-])cc4C3(C)C)CCC/2)=[N+](CCCS(=O)(=O)[O-])c2ccc(SOO[O-])cc21. The maximum atomic E-state index is 11.8. The molecular weight excluding hydrogens is 805 g/mol. The van der Waals surface area contributed by atoms with E-state index in [4.69, 9.17) is 0 Å². The Kier molecular flexibility index (Phi) is 13.4. The summed E-state index contributed by atoms with van der Waals surface area (Å²) in [5.74, 6) is -0.946. The fourth-order valence-corrected chi connectivity index (χ4v) is 9.39. The first kappa shape index (κ1) is 43.7. The van der Waals surface area contributed by atoms with Crippen molar-refractivity contribution in [1.29, 1.82) is 0 Å². The van der Waals surface area contributed by atoms with Gasteiger partial charge in [0.2, 0.25) is 5.69 Å². The summed E-state index contributed by atoms with van der Waals surface area (Å²) in [7, 11) is -13.3. The third kappa shape index (κ3) is 10.5. The van der Waals surface area contributed by atoms with E-state index in [2.05, 4.69) is 15.4 Å². The summed E-state index contributed by atoms with van der Waals surface area (Å²) >= 11 is 0.775. The maximum Gasteiger partial charge on any atom is 0.264 e. The summed E-state index contributed by atoms with van der Waals surface area (Å²) in [6.07, 6.45) is 16.6. The Bertz CT molecular complexity index is 2370.